The summed E-state index contributed by atoms with van der Waals surface area (Å²) < 4.78 is 27.1. The average molecular weight is 366 g/mol. The van der Waals surface area contributed by atoms with Gasteiger partial charge in [0.1, 0.15) is 0 Å². The van der Waals surface area contributed by atoms with E-state index in [1.807, 2.05) is 25.1 Å². The Morgan fingerprint density at radius 1 is 1.28 bits per heavy atom. The number of carbonyl (C=O) groups is 1. The number of aromatic nitrogens is 4. The third-order valence-corrected chi connectivity index (χ3v) is 3.72. The van der Waals surface area contributed by atoms with Gasteiger partial charge in [-0.15, -0.1) is 0 Å². The van der Waals surface area contributed by atoms with Crippen LogP contribution in [0.4, 0.5) is 14.6 Å². The predicted octanol–water partition coefficient (Wildman–Crippen LogP) is 3.74. The highest BCUT2D eigenvalue weighted by Gasteiger charge is 2.15. The lowest BCUT2D eigenvalue weighted by Gasteiger charge is -2.05. The van der Waals surface area contributed by atoms with E-state index in [1.165, 1.54) is 6.07 Å². The predicted molar refractivity (Wildman–Crippen MR) is 89.0 cm³/mol. The normalized spacial score (nSPS) is 11.1. The minimum atomic E-state index is -2.79. The number of nitrogens with one attached hydrogen (secondary N) is 1. The van der Waals surface area contributed by atoms with E-state index in [0.29, 0.717) is 22.1 Å². The standard InChI is InChI=1S/C16H14ClF2N5O/c1-10-7-14(20-15(25)13-5-6-23(21-13)16(18)19)22-24(10)9-11-3-2-4-12(17)8-11/h2-8,16H,9H2,1H3,(H,20,22,25). The van der Waals surface area contributed by atoms with Gasteiger partial charge in [-0.05, 0) is 30.7 Å². The van der Waals surface area contributed by atoms with Gasteiger partial charge in [0, 0.05) is 23.0 Å². The van der Waals surface area contributed by atoms with Crippen molar-refractivity contribution >= 4 is 23.3 Å². The zero-order chi connectivity index (χ0) is 18.0. The van der Waals surface area contributed by atoms with Gasteiger partial charge in [0.25, 0.3) is 5.91 Å². The van der Waals surface area contributed by atoms with Gasteiger partial charge in [-0.3, -0.25) is 9.48 Å². The number of rotatable bonds is 5. The van der Waals surface area contributed by atoms with Crippen molar-refractivity contribution in [2.24, 2.45) is 0 Å². The van der Waals surface area contributed by atoms with Crippen molar-refractivity contribution in [1.82, 2.24) is 19.6 Å². The third kappa shape index (κ3) is 4.03. The summed E-state index contributed by atoms with van der Waals surface area (Å²) in [6, 6.07) is 10.3. The number of hydrogen-bond donors (Lipinski definition) is 1. The van der Waals surface area contributed by atoms with Crippen molar-refractivity contribution in [1.29, 1.82) is 0 Å². The maximum Gasteiger partial charge on any atom is 0.333 e. The van der Waals surface area contributed by atoms with Gasteiger partial charge in [0.05, 0.1) is 6.54 Å². The van der Waals surface area contributed by atoms with Crippen LogP contribution in [0.25, 0.3) is 0 Å². The number of amides is 1. The Kier molecular flexibility index (Phi) is 4.80. The van der Waals surface area contributed by atoms with E-state index in [9.17, 15) is 13.6 Å². The Bertz CT molecular complexity index is 906. The smallest absolute Gasteiger partial charge is 0.304 e. The second-order valence-electron chi connectivity index (χ2n) is 5.37. The Morgan fingerprint density at radius 3 is 2.76 bits per heavy atom. The Labute approximate surface area is 147 Å². The fourth-order valence-corrected chi connectivity index (χ4v) is 2.50. The quantitative estimate of drug-likeness (QED) is 0.749. The number of anilines is 1. The molecular weight excluding hydrogens is 352 g/mol. The molecule has 0 aliphatic rings. The first-order valence-electron chi connectivity index (χ1n) is 7.36. The first kappa shape index (κ1) is 17.1. The van der Waals surface area contributed by atoms with Gasteiger partial charge in [-0.2, -0.15) is 19.0 Å². The second kappa shape index (κ2) is 7.02. The number of aryl methyl sites for hydroxylation is 1. The van der Waals surface area contributed by atoms with E-state index in [4.69, 9.17) is 11.6 Å². The summed E-state index contributed by atoms with van der Waals surface area (Å²) >= 11 is 5.97. The van der Waals surface area contributed by atoms with Crippen LogP contribution in [-0.2, 0) is 6.54 Å². The number of carbonyl (C=O) groups excluding carboxylic acids is 1. The first-order valence-corrected chi connectivity index (χ1v) is 7.74. The molecular formula is C16H14ClF2N5O. The number of hydrogen-bond acceptors (Lipinski definition) is 3. The molecule has 0 fully saturated rings. The van der Waals surface area contributed by atoms with E-state index in [2.05, 4.69) is 15.5 Å². The summed E-state index contributed by atoms with van der Waals surface area (Å²) in [6.45, 7) is -0.457. The molecule has 0 radical (unpaired) electrons. The van der Waals surface area contributed by atoms with E-state index >= 15 is 0 Å². The third-order valence-electron chi connectivity index (χ3n) is 3.49. The fourth-order valence-electron chi connectivity index (χ4n) is 2.29. The molecule has 9 heteroatoms. The van der Waals surface area contributed by atoms with Gasteiger partial charge in [0.2, 0.25) is 0 Å². The molecule has 0 saturated heterocycles. The van der Waals surface area contributed by atoms with Crippen LogP contribution in [-0.4, -0.2) is 25.5 Å². The van der Waals surface area contributed by atoms with Crippen LogP contribution in [0.2, 0.25) is 5.02 Å². The van der Waals surface area contributed by atoms with Crippen LogP contribution < -0.4 is 5.32 Å². The number of nitrogens with zero attached hydrogens (tertiary/aromatic N) is 4. The van der Waals surface area contributed by atoms with Gasteiger partial charge in [-0.1, -0.05) is 23.7 Å². The van der Waals surface area contributed by atoms with E-state index in [0.717, 1.165) is 17.5 Å². The minimum absolute atomic E-state index is 0.109. The van der Waals surface area contributed by atoms with Gasteiger partial charge < -0.3 is 5.32 Å². The fraction of sp³-hybridized carbons (Fsp3) is 0.188. The summed E-state index contributed by atoms with van der Waals surface area (Å²) in [5.41, 5.74) is 1.68. The van der Waals surface area contributed by atoms with Gasteiger partial charge >= 0.3 is 6.55 Å². The summed E-state index contributed by atoms with van der Waals surface area (Å²) in [5, 5.41) is 11.0. The lowest BCUT2D eigenvalue weighted by Crippen LogP contribution is -2.14. The highest BCUT2D eigenvalue weighted by atomic mass is 35.5. The summed E-state index contributed by atoms with van der Waals surface area (Å²) in [7, 11) is 0. The highest BCUT2D eigenvalue weighted by Crippen LogP contribution is 2.16. The van der Waals surface area contributed by atoms with Crippen molar-refractivity contribution < 1.29 is 13.6 Å². The molecule has 0 aliphatic heterocycles. The van der Waals surface area contributed by atoms with Gasteiger partial charge in [0.15, 0.2) is 11.5 Å². The van der Waals surface area contributed by atoms with Crippen LogP contribution in [0.5, 0.6) is 0 Å². The second-order valence-corrected chi connectivity index (χ2v) is 5.81. The van der Waals surface area contributed by atoms with Crippen LogP contribution in [0, 0.1) is 6.92 Å². The first-order chi connectivity index (χ1) is 11.9. The number of benzene rings is 1. The maximum atomic E-state index is 12.5. The Morgan fingerprint density at radius 2 is 2.08 bits per heavy atom. The molecule has 1 amide bonds. The van der Waals surface area contributed by atoms with Crippen molar-refractivity contribution in [3.05, 3.63) is 64.6 Å². The molecule has 2 heterocycles. The Balaban J connectivity index is 1.72. The molecule has 1 N–H and O–H groups in total. The van der Waals surface area contributed by atoms with Crippen LogP contribution in [0.15, 0.2) is 42.6 Å². The van der Waals surface area contributed by atoms with Crippen molar-refractivity contribution in [2.45, 2.75) is 20.0 Å². The summed E-state index contributed by atoms with van der Waals surface area (Å²) in [4.78, 5) is 12.1. The molecule has 25 heavy (non-hydrogen) atoms. The molecule has 0 bridgehead atoms. The van der Waals surface area contributed by atoms with E-state index < -0.39 is 12.5 Å². The van der Waals surface area contributed by atoms with Crippen molar-refractivity contribution in [3.63, 3.8) is 0 Å². The molecule has 0 saturated carbocycles. The van der Waals surface area contributed by atoms with Gasteiger partial charge in [-0.25, -0.2) is 4.68 Å². The monoisotopic (exact) mass is 365 g/mol. The molecule has 1 aromatic carbocycles. The van der Waals surface area contributed by atoms with Crippen LogP contribution >= 0.6 is 11.6 Å². The molecule has 0 atom stereocenters. The van der Waals surface area contributed by atoms with Crippen molar-refractivity contribution in [2.75, 3.05) is 5.32 Å². The number of alkyl halides is 2. The van der Waals surface area contributed by atoms with Crippen molar-refractivity contribution in [3.8, 4) is 0 Å². The summed E-state index contributed by atoms with van der Waals surface area (Å²) in [6.07, 6.45) is 1.04. The molecule has 0 unspecified atom stereocenters. The average Bonchev–Trinajstić information content (AvgIpc) is 3.15. The zero-order valence-electron chi connectivity index (χ0n) is 13.2. The van der Waals surface area contributed by atoms with E-state index in [1.54, 1.807) is 16.8 Å². The van der Waals surface area contributed by atoms with Crippen LogP contribution in [0.3, 0.4) is 0 Å². The van der Waals surface area contributed by atoms with Crippen LogP contribution in [0.1, 0.15) is 28.3 Å². The van der Waals surface area contributed by atoms with E-state index in [-0.39, 0.29) is 5.69 Å². The zero-order valence-corrected chi connectivity index (χ0v) is 13.9. The molecule has 0 spiro atoms. The SMILES string of the molecule is Cc1cc(NC(=O)c2ccn(C(F)F)n2)nn1Cc1cccc(Cl)c1. The highest BCUT2D eigenvalue weighted by molar-refractivity contribution is 6.30. The lowest BCUT2D eigenvalue weighted by atomic mass is 10.2. The Hall–Kier alpha value is -2.74. The largest absolute Gasteiger partial charge is 0.333 e. The topological polar surface area (TPSA) is 64.7 Å². The number of halogens is 3. The summed E-state index contributed by atoms with van der Waals surface area (Å²) in [5.74, 6) is -0.289. The molecule has 3 rings (SSSR count). The molecule has 0 aliphatic carbocycles. The lowest BCUT2D eigenvalue weighted by molar-refractivity contribution is 0.0561. The molecule has 2 aromatic heterocycles. The maximum absolute atomic E-state index is 12.5. The minimum Gasteiger partial charge on any atom is -0.304 e. The molecule has 3 aromatic rings. The molecule has 6 nitrogen and oxygen atoms in total. The molecule has 130 valence electrons.